The van der Waals surface area contributed by atoms with E-state index < -0.39 is 0 Å². The molecule has 35 heavy (non-hydrogen) atoms. The van der Waals surface area contributed by atoms with Gasteiger partial charge < -0.3 is 4.90 Å². The van der Waals surface area contributed by atoms with E-state index in [1.165, 1.54) is 27.5 Å². The number of anilines is 1. The van der Waals surface area contributed by atoms with Crippen molar-refractivity contribution in [1.29, 1.82) is 0 Å². The van der Waals surface area contributed by atoms with Crippen LogP contribution >= 0.6 is 0 Å². The molecule has 1 fully saturated rings. The molecule has 2 aliphatic heterocycles. The standard InChI is InChI=1S/C32H32N2O/c1-23-6-5-9-28(18-23)31(35)34-22-32(29-19-24(2)10-13-30(29)34)14-16-33(17-15-32)21-25-11-12-26-7-3-4-8-27(26)20-25/h3-13,18-20H,14-17,21-22H2,1-2H3. The third kappa shape index (κ3) is 4.04. The fourth-order valence-electron chi connectivity index (χ4n) is 6.06. The highest BCUT2D eigenvalue weighted by Gasteiger charge is 2.46. The van der Waals surface area contributed by atoms with Crippen molar-refractivity contribution in [3.8, 4) is 0 Å². The lowest BCUT2D eigenvalue weighted by molar-refractivity contribution is 0.0975. The Morgan fingerprint density at radius 1 is 0.800 bits per heavy atom. The van der Waals surface area contributed by atoms with Gasteiger partial charge in [-0.25, -0.2) is 0 Å². The molecule has 0 aliphatic carbocycles. The third-order valence-electron chi connectivity index (χ3n) is 8.02. The number of carbonyl (C=O) groups excluding carboxylic acids is 1. The molecule has 4 aromatic carbocycles. The van der Waals surface area contributed by atoms with Crippen molar-refractivity contribution >= 4 is 22.4 Å². The van der Waals surface area contributed by atoms with Crippen LogP contribution < -0.4 is 4.90 Å². The van der Waals surface area contributed by atoms with Crippen molar-refractivity contribution in [2.24, 2.45) is 0 Å². The molecular formula is C32H32N2O. The van der Waals surface area contributed by atoms with Gasteiger partial charge in [0.05, 0.1) is 0 Å². The van der Waals surface area contributed by atoms with Crippen molar-refractivity contribution in [3.63, 3.8) is 0 Å². The van der Waals surface area contributed by atoms with E-state index in [0.29, 0.717) is 0 Å². The Morgan fingerprint density at radius 3 is 2.37 bits per heavy atom. The maximum absolute atomic E-state index is 13.6. The summed E-state index contributed by atoms with van der Waals surface area (Å²) in [6, 6.07) is 30.0. The fraction of sp³-hybridized carbons (Fsp3) is 0.281. The molecule has 0 saturated carbocycles. The van der Waals surface area contributed by atoms with Gasteiger partial charge in [-0.1, -0.05) is 71.8 Å². The highest BCUT2D eigenvalue weighted by Crippen LogP contribution is 2.48. The zero-order valence-corrected chi connectivity index (χ0v) is 20.6. The predicted molar refractivity (Wildman–Crippen MR) is 144 cm³/mol. The molecule has 2 heterocycles. The maximum Gasteiger partial charge on any atom is 0.258 e. The summed E-state index contributed by atoms with van der Waals surface area (Å²) >= 11 is 0. The second-order valence-corrected chi connectivity index (χ2v) is 10.5. The average molecular weight is 461 g/mol. The summed E-state index contributed by atoms with van der Waals surface area (Å²) in [4.78, 5) is 18.2. The molecule has 0 bridgehead atoms. The van der Waals surface area contributed by atoms with Crippen LogP contribution in [0, 0.1) is 13.8 Å². The van der Waals surface area contributed by atoms with Crippen LogP contribution in [0.15, 0.2) is 84.9 Å². The van der Waals surface area contributed by atoms with E-state index in [4.69, 9.17) is 0 Å². The highest BCUT2D eigenvalue weighted by atomic mass is 16.2. The van der Waals surface area contributed by atoms with Gasteiger partial charge in [0.15, 0.2) is 0 Å². The van der Waals surface area contributed by atoms with Crippen LogP contribution in [0.1, 0.15) is 45.5 Å². The molecule has 176 valence electrons. The molecule has 0 radical (unpaired) electrons. The van der Waals surface area contributed by atoms with Gasteiger partial charge in [-0.05, 0) is 85.9 Å². The van der Waals surface area contributed by atoms with E-state index >= 15 is 0 Å². The number of piperidine rings is 1. The van der Waals surface area contributed by atoms with Crippen molar-refractivity contribution < 1.29 is 4.79 Å². The molecule has 1 amide bonds. The Morgan fingerprint density at radius 2 is 1.57 bits per heavy atom. The van der Waals surface area contributed by atoms with E-state index in [-0.39, 0.29) is 11.3 Å². The summed E-state index contributed by atoms with van der Waals surface area (Å²) in [6.07, 6.45) is 2.16. The first-order valence-electron chi connectivity index (χ1n) is 12.7. The van der Waals surface area contributed by atoms with E-state index in [9.17, 15) is 4.79 Å². The van der Waals surface area contributed by atoms with E-state index in [1.54, 1.807) is 0 Å². The van der Waals surface area contributed by atoms with Gasteiger partial charge in [0, 0.05) is 29.8 Å². The second-order valence-electron chi connectivity index (χ2n) is 10.5. The molecule has 0 unspecified atom stereocenters. The number of fused-ring (bicyclic) bond motifs is 3. The van der Waals surface area contributed by atoms with Gasteiger partial charge in [0.25, 0.3) is 5.91 Å². The van der Waals surface area contributed by atoms with Gasteiger partial charge in [-0.15, -0.1) is 0 Å². The van der Waals surface area contributed by atoms with Gasteiger partial charge >= 0.3 is 0 Å². The second kappa shape index (κ2) is 8.66. The summed E-state index contributed by atoms with van der Waals surface area (Å²) in [5.41, 5.74) is 7.05. The molecule has 3 nitrogen and oxygen atoms in total. The largest absolute Gasteiger partial charge is 0.307 e. The van der Waals surface area contributed by atoms with Gasteiger partial charge in [-0.3, -0.25) is 9.69 Å². The lowest BCUT2D eigenvalue weighted by Crippen LogP contribution is -2.45. The molecule has 0 aromatic heterocycles. The van der Waals surface area contributed by atoms with Gasteiger partial charge in [0.2, 0.25) is 0 Å². The van der Waals surface area contributed by atoms with E-state index in [2.05, 4.69) is 72.5 Å². The number of aryl methyl sites for hydroxylation is 2. The Bertz CT molecular complexity index is 1410. The number of benzene rings is 4. The lowest BCUT2D eigenvalue weighted by Gasteiger charge is -2.40. The van der Waals surface area contributed by atoms with Crippen molar-refractivity contribution in [3.05, 3.63) is 113 Å². The van der Waals surface area contributed by atoms with E-state index in [1.807, 2.05) is 36.1 Å². The van der Waals surface area contributed by atoms with Crippen LogP contribution in [0.3, 0.4) is 0 Å². The minimum absolute atomic E-state index is 0.0424. The Balaban J connectivity index is 1.23. The number of carbonyl (C=O) groups is 1. The van der Waals surface area contributed by atoms with Crippen LogP contribution in [0.4, 0.5) is 5.69 Å². The van der Waals surface area contributed by atoms with Crippen LogP contribution in [-0.2, 0) is 12.0 Å². The molecule has 2 aliphatic rings. The fourth-order valence-corrected chi connectivity index (χ4v) is 6.06. The number of hydrogen-bond donors (Lipinski definition) is 0. The van der Waals surface area contributed by atoms with E-state index in [0.717, 1.165) is 55.8 Å². The molecule has 0 N–H and O–H groups in total. The third-order valence-corrected chi connectivity index (χ3v) is 8.02. The first-order valence-corrected chi connectivity index (χ1v) is 12.7. The maximum atomic E-state index is 13.6. The Hall–Kier alpha value is -3.43. The summed E-state index contributed by atoms with van der Waals surface area (Å²) in [5.74, 6) is 0.120. The molecule has 1 saturated heterocycles. The quantitative estimate of drug-likeness (QED) is 0.342. The normalized spacial score (nSPS) is 17.1. The molecule has 1 spiro atoms. The monoisotopic (exact) mass is 460 g/mol. The topological polar surface area (TPSA) is 23.6 Å². The number of amides is 1. The molecule has 3 heteroatoms. The van der Waals surface area contributed by atoms with Crippen molar-refractivity contribution in [2.75, 3.05) is 24.5 Å². The lowest BCUT2D eigenvalue weighted by atomic mass is 9.74. The Labute approximate surface area is 208 Å². The summed E-state index contributed by atoms with van der Waals surface area (Å²) in [5, 5.41) is 2.61. The zero-order valence-electron chi connectivity index (χ0n) is 20.6. The first kappa shape index (κ1) is 22.1. The van der Waals surface area contributed by atoms with Crippen LogP contribution in [-0.4, -0.2) is 30.4 Å². The number of hydrogen-bond acceptors (Lipinski definition) is 2. The van der Waals surface area contributed by atoms with Gasteiger partial charge in [0.1, 0.15) is 0 Å². The first-order chi connectivity index (χ1) is 17.0. The smallest absolute Gasteiger partial charge is 0.258 e. The van der Waals surface area contributed by atoms with Gasteiger partial charge in [-0.2, -0.15) is 0 Å². The van der Waals surface area contributed by atoms with Crippen molar-refractivity contribution in [1.82, 2.24) is 4.90 Å². The molecule has 4 aromatic rings. The van der Waals surface area contributed by atoms with Crippen LogP contribution in [0.25, 0.3) is 10.8 Å². The molecule has 6 rings (SSSR count). The SMILES string of the molecule is Cc1cccc(C(=O)N2CC3(CCN(Cc4ccc5ccccc5c4)CC3)c3cc(C)ccc32)c1. The molecule has 0 atom stereocenters. The average Bonchev–Trinajstić information content (AvgIpc) is 3.18. The minimum atomic E-state index is 0.0424. The predicted octanol–water partition coefficient (Wildman–Crippen LogP) is 6.65. The van der Waals surface area contributed by atoms with Crippen molar-refractivity contribution in [2.45, 2.75) is 38.6 Å². The van der Waals surface area contributed by atoms with Crippen LogP contribution in [0.2, 0.25) is 0 Å². The number of likely N-dealkylation sites (tertiary alicyclic amines) is 1. The summed E-state index contributed by atoms with van der Waals surface area (Å²) in [7, 11) is 0. The minimum Gasteiger partial charge on any atom is -0.307 e. The zero-order chi connectivity index (χ0) is 24.0. The summed E-state index contributed by atoms with van der Waals surface area (Å²) in [6.45, 7) is 8.06. The Kier molecular flexibility index (Phi) is 5.46. The number of nitrogens with zero attached hydrogens (tertiary/aromatic N) is 2. The molecular weight excluding hydrogens is 428 g/mol. The highest BCUT2D eigenvalue weighted by molar-refractivity contribution is 6.08. The summed E-state index contributed by atoms with van der Waals surface area (Å²) < 4.78 is 0. The van der Waals surface area contributed by atoms with Crippen LogP contribution in [0.5, 0.6) is 0 Å². The number of rotatable bonds is 3.